The molecular formula is C48H53NO15. The van der Waals surface area contributed by atoms with Crippen LogP contribution in [0.2, 0.25) is 0 Å². The number of ether oxygens (including phenoxy) is 6. The van der Waals surface area contributed by atoms with Gasteiger partial charge in [0.15, 0.2) is 23.6 Å². The number of esters is 4. The zero-order valence-electron chi connectivity index (χ0n) is 36.6. The molecule has 1 heterocycles. The molecule has 7 rings (SSSR count). The molecule has 16 heteroatoms. The first-order chi connectivity index (χ1) is 30.2. The maximum atomic E-state index is 15.5. The van der Waals surface area contributed by atoms with E-state index in [-0.39, 0.29) is 35.3 Å². The summed E-state index contributed by atoms with van der Waals surface area (Å²) in [5.74, 6) is -6.47. The molecule has 2 bridgehead atoms. The van der Waals surface area contributed by atoms with E-state index in [4.69, 9.17) is 28.4 Å². The van der Waals surface area contributed by atoms with Crippen LogP contribution in [-0.4, -0.2) is 112 Å². The van der Waals surface area contributed by atoms with Crippen LogP contribution in [0, 0.1) is 16.7 Å². The van der Waals surface area contributed by atoms with Gasteiger partial charge in [0, 0.05) is 37.7 Å². The van der Waals surface area contributed by atoms with E-state index < -0.39 is 113 Å². The lowest BCUT2D eigenvalue weighted by Gasteiger charge is -2.67. The van der Waals surface area contributed by atoms with Gasteiger partial charge < -0.3 is 49.1 Å². The van der Waals surface area contributed by atoms with Crippen LogP contribution in [0.4, 0.5) is 0 Å². The Bertz CT molecular complexity index is 2350. The topological polar surface area (TPSA) is 231 Å². The van der Waals surface area contributed by atoms with E-state index in [0.29, 0.717) is 11.3 Å². The second-order valence-electron chi connectivity index (χ2n) is 17.7. The molecule has 2 unspecified atom stereocenters. The summed E-state index contributed by atoms with van der Waals surface area (Å²) in [4.78, 5) is 83.8. The summed E-state index contributed by atoms with van der Waals surface area (Å²) in [6.45, 7) is 7.94. The maximum absolute atomic E-state index is 15.5. The number of aliphatic hydroxyl groups is 3. The number of carbonyl (C=O) groups is 6. The second-order valence-corrected chi connectivity index (χ2v) is 17.7. The highest BCUT2D eigenvalue weighted by Gasteiger charge is 2.78. The van der Waals surface area contributed by atoms with Gasteiger partial charge in [0.2, 0.25) is 0 Å². The van der Waals surface area contributed by atoms with Gasteiger partial charge in [0.05, 0.1) is 42.8 Å². The van der Waals surface area contributed by atoms with Crippen LogP contribution in [0.25, 0.3) is 0 Å². The summed E-state index contributed by atoms with van der Waals surface area (Å²) in [6, 6.07) is 20.8. The van der Waals surface area contributed by atoms with Crippen molar-refractivity contribution >= 4 is 35.6 Å². The Morgan fingerprint density at radius 3 is 2.00 bits per heavy atom. The summed E-state index contributed by atoms with van der Waals surface area (Å²) in [7, 11) is 1.46. The number of carbonyl (C=O) groups excluding carboxylic acids is 6. The highest BCUT2D eigenvalue weighted by Crippen LogP contribution is 2.64. The van der Waals surface area contributed by atoms with E-state index in [1.165, 1.54) is 33.1 Å². The van der Waals surface area contributed by atoms with Crippen LogP contribution in [0.5, 0.6) is 5.75 Å². The van der Waals surface area contributed by atoms with Crippen molar-refractivity contribution in [2.24, 2.45) is 16.7 Å². The van der Waals surface area contributed by atoms with Crippen LogP contribution in [0.1, 0.15) is 86.7 Å². The minimum Gasteiger partial charge on any atom is -0.497 e. The number of hydrogen-bond acceptors (Lipinski definition) is 15. The molecule has 0 radical (unpaired) electrons. The van der Waals surface area contributed by atoms with Crippen molar-refractivity contribution in [2.45, 2.75) is 108 Å². The molecule has 0 spiro atoms. The van der Waals surface area contributed by atoms with Crippen molar-refractivity contribution in [3.05, 3.63) is 113 Å². The summed E-state index contributed by atoms with van der Waals surface area (Å²) in [6.07, 6.45) is -10.7. The summed E-state index contributed by atoms with van der Waals surface area (Å²) in [5, 5.41) is 40.4. The third kappa shape index (κ3) is 7.65. The number of Topliss-reactive ketones (excluding diaryl/α,β-unsaturated/α-hetero) is 1. The molecule has 4 N–H and O–H groups in total. The lowest BCUT2D eigenvalue weighted by atomic mass is 9.44. The molecule has 1 aliphatic heterocycles. The van der Waals surface area contributed by atoms with E-state index >= 15 is 4.79 Å². The zero-order chi connectivity index (χ0) is 46.5. The molecule has 64 heavy (non-hydrogen) atoms. The third-order valence-electron chi connectivity index (χ3n) is 13.8. The molecule has 11 atom stereocenters. The number of benzene rings is 3. The first-order valence-electron chi connectivity index (χ1n) is 21.0. The monoisotopic (exact) mass is 883 g/mol. The van der Waals surface area contributed by atoms with E-state index in [0.717, 1.165) is 13.8 Å². The Balaban J connectivity index is 1.38. The molecule has 3 fully saturated rings. The SMILES string of the molecule is COc1ccc([C@H](NC(=O)c2ccccc2)[C@@H](O)C(=O)O[C@H]2C[C@@]3(O)C(OC(=O)c4ccccc4)C4[C@](C)(C(=O)[C@H](OC(C)=O)C(=C2C)C3(C)C)[C@@H](O)C[C@H]2OC[C@@]42OC(C)=O)cc1. The fraction of sp³-hybridized carbons (Fsp3) is 0.458. The normalized spacial score (nSPS) is 31.2. The number of amides is 1. The molecule has 3 aromatic carbocycles. The molecule has 16 nitrogen and oxygen atoms in total. The van der Waals surface area contributed by atoms with Gasteiger partial charge in [-0.25, -0.2) is 9.59 Å². The van der Waals surface area contributed by atoms with Gasteiger partial charge in [-0.3, -0.25) is 19.2 Å². The lowest BCUT2D eigenvalue weighted by Crippen LogP contribution is -2.82. The number of hydrogen-bond donors (Lipinski definition) is 4. The number of aliphatic hydroxyl groups excluding tert-OH is 2. The zero-order valence-corrected chi connectivity index (χ0v) is 36.6. The van der Waals surface area contributed by atoms with Gasteiger partial charge in [0.1, 0.15) is 29.7 Å². The average molecular weight is 884 g/mol. The van der Waals surface area contributed by atoms with Crippen molar-refractivity contribution in [3.63, 3.8) is 0 Å². The molecule has 2 saturated carbocycles. The van der Waals surface area contributed by atoms with Crippen LogP contribution in [0.15, 0.2) is 96.1 Å². The van der Waals surface area contributed by atoms with Crippen molar-refractivity contribution in [3.8, 4) is 5.75 Å². The quantitative estimate of drug-likeness (QED) is 0.122. The second kappa shape index (κ2) is 17.2. The first-order valence-corrected chi connectivity index (χ1v) is 21.0. The summed E-state index contributed by atoms with van der Waals surface area (Å²) < 4.78 is 35.6. The van der Waals surface area contributed by atoms with Crippen molar-refractivity contribution in [1.82, 2.24) is 5.32 Å². The lowest BCUT2D eigenvalue weighted by molar-refractivity contribution is -0.346. The van der Waals surface area contributed by atoms with Crippen LogP contribution in [-0.2, 0) is 42.9 Å². The Kier molecular flexibility index (Phi) is 12.4. The minimum atomic E-state index is -2.41. The van der Waals surface area contributed by atoms with Crippen LogP contribution in [0.3, 0.4) is 0 Å². The van der Waals surface area contributed by atoms with E-state index in [1.54, 1.807) is 86.6 Å². The molecule has 3 aliphatic carbocycles. The molecular weight excluding hydrogens is 831 g/mol. The van der Waals surface area contributed by atoms with Gasteiger partial charge in [-0.2, -0.15) is 0 Å². The number of fused-ring (bicyclic) bond motifs is 5. The van der Waals surface area contributed by atoms with E-state index in [9.17, 15) is 39.3 Å². The van der Waals surface area contributed by atoms with Crippen molar-refractivity contribution in [2.75, 3.05) is 13.7 Å². The van der Waals surface area contributed by atoms with Gasteiger partial charge in [-0.15, -0.1) is 0 Å². The van der Waals surface area contributed by atoms with Crippen LogP contribution >= 0.6 is 0 Å². The number of rotatable bonds is 11. The number of methoxy groups -OCH3 is 1. The Hall–Kier alpha value is -5.94. The summed E-state index contributed by atoms with van der Waals surface area (Å²) >= 11 is 0. The van der Waals surface area contributed by atoms with E-state index in [1.807, 2.05) is 0 Å². The smallest absolute Gasteiger partial charge is 0.338 e. The van der Waals surface area contributed by atoms with Gasteiger partial charge in [-0.1, -0.05) is 62.4 Å². The molecule has 3 aromatic rings. The van der Waals surface area contributed by atoms with Crippen molar-refractivity contribution in [1.29, 1.82) is 0 Å². The fourth-order valence-corrected chi connectivity index (χ4v) is 10.3. The minimum absolute atomic E-state index is 0.0148. The molecule has 340 valence electrons. The molecule has 1 amide bonds. The van der Waals surface area contributed by atoms with Crippen LogP contribution < -0.4 is 10.1 Å². The maximum Gasteiger partial charge on any atom is 0.338 e. The first kappa shape index (κ1) is 46.1. The summed E-state index contributed by atoms with van der Waals surface area (Å²) in [5.41, 5.74) is -7.19. The third-order valence-corrected chi connectivity index (χ3v) is 13.8. The molecule has 4 aliphatic rings. The predicted octanol–water partition coefficient (Wildman–Crippen LogP) is 3.74. The van der Waals surface area contributed by atoms with Gasteiger partial charge in [0.25, 0.3) is 5.91 Å². The largest absolute Gasteiger partial charge is 0.497 e. The van der Waals surface area contributed by atoms with Crippen molar-refractivity contribution < 1.29 is 72.5 Å². The fourth-order valence-electron chi connectivity index (χ4n) is 10.3. The highest BCUT2D eigenvalue weighted by molar-refractivity contribution is 5.96. The van der Waals surface area contributed by atoms with E-state index in [2.05, 4.69) is 5.32 Å². The standard InChI is InChI=1S/C48H53NO15/c1-25-32(62-44(57)37(53)36(28-18-20-31(59-7)21-19-28)49-42(55)29-14-10-8-11-15-29)23-48(58)41(63-43(56)30-16-12-9-13-17-30)39-46(6,33(52)22-34-47(39,24-60-34)64-27(3)51)40(54)38(61-26(2)50)35(25)45(48,4)5/h8-21,32-34,36-39,41,52-53,58H,22-24H2,1-7H3,(H,49,55)/t32-,33-,34+,36-,37+,38+,39?,41?,46+,47-,48+/m0/s1. The Labute approximate surface area is 369 Å². The number of nitrogens with one attached hydrogen (secondary N) is 1. The molecule has 0 aromatic heterocycles. The average Bonchev–Trinajstić information content (AvgIpc) is 3.26. The Morgan fingerprint density at radius 1 is 0.844 bits per heavy atom. The molecule has 1 saturated heterocycles. The predicted molar refractivity (Wildman–Crippen MR) is 224 cm³/mol. The Morgan fingerprint density at radius 2 is 1.45 bits per heavy atom. The number of ketones is 1. The van der Waals surface area contributed by atoms with Gasteiger partial charge in [-0.05, 0) is 67.0 Å². The van der Waals surface area contributed by atoms with Gasteiger partial charge >= 0.3 is 23.9 Å². The highest BCUT2D eigenvalue weighted by atomic mass is 16.6.